The van der Waals surface area contributed by atoms with E-state index in [9.17, 15) is 28.5 Å². The number of hydrogen-bond acceptors (Lipinski definition) is 11. The molecule has 4 rings (SSSR count). The predicted molar refractivity (Wildman–Crippen MR) is 136 cm³/mol. The Balaban J connectivity index is 1.54. The predicted octanol–water partition coefficient (Wildman–Crippen LogP) is 1.77. The molecule has 1 aromatic carbocycles. The number of hydrogen-bond donors (Lipinski definition) is 5. The molecule has 1 saturated carbocycles. The van der Waals surface area contributed by atoms with Crippen LogP contribution in [0.25, 0.3) is 0 Å². The number of nitrogens with two attached hydrogens (primary N) is 1. The van der Waals surface area contributed by atoms with Crippen LogP contribution in [0.3, 0.4) is 0 Å². The molecule has 14 heteroatoms. The van der Waals surface area contributed by atoms with Gasteiger partial charge < -0.3 is 20.6 Å². The van der Waals surface area contributed by atoms with Gasteiger partial charge in [-0.15, -0.1) is 11.3 Å². The third kappa shape index (κ3) is 6.69. The zero-order valence-corrected chi connectivity index (χ0v) is 21.7. The minimum atomic E-state index is -4.13. The van der Waals surface area contributed by atoms with E-state index in [2.05, 4.69) is 19.5 Å². The van der Waals surface area contributed by atoms with Crippen LogP contribution in [0.1, 0.15) is 50.2 Å². The number of halogens is 1. The highest BCUT2D eigenvalue weighted by Gasteiger charge is 2.35. The Kier molecular flexibility index (Phi) is 8.56. The lowest BCUT2D eigenvalue weighted by Gasteiger charge is -2.15. The Morgan fingerprint density at radius 2 is 2.11 bits per heavy atom. The van der Waals surface area contributed by atoms with Crippen LogP contribution in [0.5, 0.6) is 0 Å². The van der Waals surface area contributed by atoms with Gasteiger partial charge in [0.25, 0.3) is 0 Å². The minimum Gasteiger partial charge on any atom is -0.393 e. The first-order chi connectivity index (χ1) is 17.6. The van der Waals surface area contributed by atoms with E-state index in [-0.39, 0.29) is 41.9 Å². The molecule has 1 aliphatic rings. The Morgan fingerprint density at radius 1 is 1.32 bits per heavy atom. The standard InChI is InChI=1S/C23H25ClN4O7S2/c24-14-3-1-2-12(4-14)21(31)16-7-19(36-20(16)9-29)22(32)17-8-26-11-27-23(17)28-15-5-13(18(30)6-15)10-35-37(25,33)34/h1-4,7-8,11,13,15,18,21,29-31H,5-6,9-10H2,(H2,25,33,34)(H,26,27,28)/t13?,15-,18+,21?/m1/s1. The summed E-state index contributed by atoms with van der Waals surface area (Å²) in [5.41, 5.74) is 1.07. The third-order valence-electron chi connectivity index (χ3n) is 6.07. The summed E-state index contributed by atoms with van der Waals surface area (Å²) in [5.74, 6) is -0.655. The second-order valence-corrected chi connectivity index (χ2v) is 11.4. The number of nitrogens with one attached hydrogen (secondary N) is 1. The minimum absolute atomic E-state index is 0.163. The number of carbonyl (C=O) groups is 1. The maximum atomic E-state index is 13.4. The van der Waals surface area contributed by atoms with Crippen LogP contribution < -0.4 is 10.5 Å². The molecule has 3 aromatic rings. The number of thiophene rings is 1. The van der Waals surface area contributed by atoms with E-state index in [0.717, 1.165) is 11.3 Å². The first-order valence-corrected chi connectivity index (χ1v) is 13.9. The molecule has 2 heterocycles. The van der Waals surface area contributed by atoms with E-state index in [1.165, 1.54) is 18.6 Å². The van der Waals surface area contributed by atoms with Crippen molar-refractivity contribution in [1.29, 1.82) is 0 Å². The highest BCUT2D eigenvalue weighted by atomic mass is 35.5. The second kappa shape index (κ2) is 11.5. The van der Waals surface area contributed by atoms with Crippen LogP contribution in [0.15, 0.2) is 42.9 Å². The van der Waals surface area contributed by atoms with E-state index >= 15 is 0 Å². The number of aliphatic hydroxyl groups is 3. The summed E-state index contributed by atoms with van der Waals surface area (Å²) < 4.78 is 26.8. The molecular formula is C23H25ClN4O7S2. The molecule has 37 heavy (non-hydrogen) atoms. The van der Waals surface area contributed by atoms with E-state index in [1.807, 2.05) is 0 Å². The molecule has 0 saturated heterocycles. The largest absolute Gasteiger partial charge is 0.393 e. The average molecular weight is 569 g/mol. The molecule has 6 N–H and O–H groups in total. The highest BCUT2D eigenvalue weighted by molar-refractivity contribution is 7.84. The van der Waals surface area contributed by atoms with Crippen LogP contribution in [-0.2, 0) is 21.1 Å². The van der Waals surface area contributed by atoms with E-state index in [1.54, 1.807) is 24.3 Å². The van der Waals surface area contributed by atoms with Crippen molar-refractivity contribution < 1.29 is 32.7 Å². The maximum Gasteiger partial charge on any atom is 0.333 e. The zero-order chi connectivity index (χ0) is 26.7. The number of aliphatic hydroxyl groups excluding tert-OH is 3. The fourth-order valence-electron chi connectivity index (χ4n) is 4.28. The number of ketones is 1. The number of rotatable bonds is 10. The monoisotopic (exact) mass is 568 g/mol. The topological polar surface area (TPSA) is 185 Å². The van der Waals surface area contributed by atoms with Crippen molar-refractivity contribution in [1.82, 2.24) is 9.97 Å². The number of anilines is 1. The van der Waals surface area contributed by atoms with Gasteiger partial charge in [0.1, 0.15) is 18.2 Å². The lowest BCUT2D eigenvalue weighted by atomic mass is 10.0. The van der Waals surface area contributed by atoms with Crippen LogP contribution in [0.4, 0.5) is 5.82 Å². The molecule has 11 nitrogen and oxygen atoms in total. The Hall–Kier alpha value is -2.49. The van der Waals surface area contributed by atoms with Gasteiger partial charge in [-0.2, -0.15) is 8.42 Å². The molecule has 0 radical (unpaired) electrons. The van der Waals surface area contributed by atoms with Gasteiger partial charge in [-0.05, 0) is 36.6 Å². The van der Waals surface area contributed by atoms with Gasteiger partial charge >= 0.3 is 10.3 Å². The molecule has 0 bridgehead atoms. The summed E-state index contributed by atoms with van der Waals surface area (Å²) in [6.45, 7) is -0.631. The number of benzene rings is 1. The van der Waals surface area contributed by atoms with Gasteiger partial charge in [0.15, 0.2) is 0 Å². The highest BCUT2D eigenvalue weighted by Crippen LogP contribution is 2.35. The average Bonchev–Trinajstić information content (AvgIpc) is 3.45. The SMILES string of the molecule is NS(=O)(=O)OCC1C[C@@H](Nc2ncncc2C(=O)c2cc(C(O)c3cccc(Cl)c3)c(CO)s2)C[C@@H]1O. The fourth-order valence-corrected chi connectivity index (χ4v) is 5.85. The van der Waals surface area contributed by atoms with E-state index < -0.39 is 34.2 Å². The van der Waals surface area contributed by atoms with Crippen molar-refractivity contribution in [2.24, 2.45) is 11.1 Å². The molecule has 0 amide bonds. The van der Waals surface area contributed by atoms with Gasteiger partial charge in [-0.25, -0.2) is 15.1 Å². The number of carbonyl (C=O) groups excluding carboxylic acids is 1. The summed E-state index contributed by atoms with van der Waals surface area (Å²) in [6, 6.07) is 7.89. The smallest absolute Gasteiger partial charge is 0.333 e. The molecule has 4 atom stereocenters. The summed E-state index contributed by atoms with van der Waals surface area (Å²) in [7, 11) is -4.13. The van der Waals surface area contributed by atoms with Crippen molar-refractivity contribution >= 4 is 44.8 Å². The lowest BCUT2D eigenvalue weighted by Crippen LogP contribution is -2.24. The van der Waals surface area contributed by atoms with Crippen molar-refractivity contribution in [2.75, 3.05) is 11.9 Å². The van der Waals surface area contributed by atoms with E-state index in [4.69, 9.17) is 16.7 Å². The molecule has 2 unspecified atom stereocenters. The van der Waals surface area contributed by atoms with Crippen molar-refractivity contribution in [3.05, 3.63) is 74.3 Å². The van der Waals surface area contributed by atoms with Gasteiger partial charge in [-0.3, -0.25) is 8.98 Å². The Labute approximate surface area is 222 Å². The van der Waals surface area contributed by atoms with Crippen molar-refractivity contribution in [3.63, 3.8) is 0 Å². The molecule has 1 fully saturated rings. The Bertz CT molecular complexity index is 1380. The van der Waals surface area contributed by atoms with Gasteiger partial charge in [0.05, 0.1) is 29.8 Å². The Morgan fingerprint density at radius 3 is 2.81 bits per heavy atom. The van der Waals surface area contributed by atoms with Crippen molar-refractivity contribution in [2.45, 2.75) is 37.7 Å². The number of nitrogens with zero attached hydrogens (tertiary/aromatic N) is 2. The fraction of sp³-hybridized carbons (Fsp3) is 0.348. The summed E-state index contributed by atoms with van der Waals surface area (Å²) in [5, 5.41) is 39.5. The van der Waals surface area contributed by atoms with Crippen molar-refractivity contribution in [3.8, 4) is 0 Å². The molecule has 2 aromatic heterocycles. The third-order valence-corrected chi connectivity index (χ3v) is 7.90. The molecule has 0 spiro atoms. The maximum absolute atomic E-state index is 13.4. The lowest BCUT2D eigenvalue weighted by molar-refractivity contribution is 0.101. The first-order valence-electron chi connectivity index (χ1n) is 11.2. The van der Waals surface area contributed by atoms with Gasteiger partial charge in [-0.1, -0.05) is 23.7 Å². The van der Waals surface area contributed by atoms with Crippen LogP contribution in [0.2, 0.25) is 5.02 Å². The van der Waals surface area contributed by atoms with Gasteiger partial charge in [0, 0.05) is 33.6 Å². The van der Waals surface area contributed by atoms with Crippen LogP contribution in [-0.4, -0.2) is 58.2 Å². The second-order valence-electron chi connectivity index (χ2n) is 8.64. The summed E-state index contributed by atoms with van der Waals surface area (Å²) in [6.07, 6.45) is 1.34. The first kappa shape index (κ1) is 27.5. The molecule has 198 valence electrons. The quantitative estimate of drug-likeness (QED) is 0.226. The number of aromatic nitrogens is 2. The normalized spacial score (nSPS) is 20.6. The van der Waals surface area contributed by atoms with Crippen LogP contribution >= 0.6 is 22.9 Å². The van der Waals surface area contributed by atoms with E-state index in [0.29, 0.717) is 27.4 Å². The zero-order valence-electron chi connectivity index (χ0n) is 19.3. The van der Waals surface area contributed by atoms with Gasteiger partial charge in [0.2, 0.25) is 5.78 Å². The summed E-state index contributed by atoms with van der Waals surface area (Å²) >= 11 is 7.09. The molecule has 0 aliphatic heterocycles. The molecule has 1 aliphatic carbocycles. The molecular weight excluding hydrogens is 544 g/mol. The van der Waals surface area contributed by atoms with Crippen LogP contribution in [0, 0.1) is 5.92 Å². The summed E-state index contributed by atoms with van der Waals surface area (Å²) in [4.78, 5) is 22.3.